The number of methoxy groups -OCH3 is 3. The monoisotopic (exact) mass is 708 g/mol. The van der Waals surface area contributed by atoms with E-state index in [0.29, 0.717) is 25.9 Å². The number of ketones is 1. The van der Waals surface area contributed by atoms with Crippen LogP contribution in [0.2, 0.25) is 0 Å². The molecule has 0 aromatic rings. The Hall–Kier alpha value is -1.21. The minimum atomic E-state index is -0.721. The zero-order valence-corrected chi connectivity index (χ0v) is 32.1. The van der Waals surface area contributed by atoms with Gasteiger partial charge in [-0.15, -0.1) is 0 Å². The molecule has 4 fully saturated rings. The van der Waals surface area contributed by atoms with Gasteiger partial charge >= 0.3 is 0 Å². The summed E-state index contributed by atoms with van der Waals surface area (Å²) >= 11 is 0. The number of rotatable bonds is 19. The van der Waals surface area contributed by atoms with Crippen LogP contribution >= 0.6 is 0 Å². The predicted molar refractivity (Wildman–Crippen MR) is 192 cm³/mol. The van der Waals surface area contributed by atoms with E-state index in [9.17, 15) is 15.0 Å². The Morgan fingerprint density at radius 1 is 0.980 bits per heavy atom. The molecule has 16 atom stereocenters. The molecule has 288 valence electrons. The maximum absolute atomic E-state index is 13.8. The van der Waals surface area contributed by atoms with Gasteiger partial charge in [-0.2, -0.15) is 0 Å². The lowest BCUT2D eigenvalue weighted by Crippen LogP contribution is -2.61. The van der Waals surface area contributed by atoms with Crippen LogP contribution in [-0.4, -0.2) is 117 Å². The van der Waals surface area contributed by atoms with Gasteiger partial charge in [0.15, 0.2) is 0 Å². The number of Topliss-reactive ketones (excluding diaryl/α,β-unsaturated/α-hetero) is 1. The SMILES string of the molecule is C=C1C[C@H](CC[C@@H]2C[C@@H](O)[C@@H]([C@@H]3OC4CC[C@H](CC(=O)[C@H](C)[C@H](COC)C(CC(O)C(=C)[C@H](C)CC)OC)O[C@@H]4[C@H](OC)[C@@H]3C)O2)OC1CC. The molecule has 0 radical (unpaired) electrons. The highest BCUT2D eigenvalue weighted by Crippen LogP contribution is 2.42. The number of carbonyl (C=O) groups is 1. The van der Waals surface area contributed by atoms with Crippen molar-refractivity contribution in [1.29, 1.82) is 0 Å². The number of carbonyl (C=O) groups excluding carboxylic acids is 1. The lowest BCUT2D eigenvalue weighted by atomic mass is 9.79. The lowest BCUT2D eigenvalue weighted by Gasteiger charge is -2.50. The van der Waals surface area contributed by atoms with Crippen molar-refractivity contribution in [3.05, 3.63) is 24.3 Å². The van der Waals surface area contributed by atoms with E-state index in [-0.39, 0.29) is 90.8 Å². The molecule has 0 bridgehead atoms. The third kappa shape index (κ3) is 9.85. The smallest absolute Gasteiger partial charge is 0.138 e. The molecule has 0 aromatic carbocycles. The summed E-state index contributed by atoms with van der Waals surface area (Å²) in [6.45, 7) is 18.9. The van der Waals surface area contributed by atoms with Crippen LogP contribution in [0.1, 0.15) is 98.8 Å². The first-order valence-corrected chi connectivity index (χ1v) is 19.3. The van der Waals surface area contributed by atoms with Gasteiger partial charge < -0.3 is 43.4 Å². The maximum atomic E-state index is 13.8. The van der Waals surface area contributed by atoms with Crippen molar-refractivity contribution in [3.63, 3.8) is 0 Å². The molecule has 50 heavy (non-hydrogen) atoms. The van der Waals surface area contributed by atoms with Crippen molar-refractivity contribution in [3.8, 4) is 0 Å². The van der Waals surface area contributed by atoms with Gasteiger partial charge in [-0.3, -0.25) is 4.79 Å². The van der Waals surface area contributed by atoms with Crippen LogP contribution < -0.4 is 0 Å². The van der Waals surface area contributed by atoms with Crippen molar-refractivity contribution in [2.24, 2.45) is 23.7 Å². The maximum Gasteiger partial charge on any atom is 0.138 e. The first kappa shape index (κ1) is 41.5. The van der Waals surface area contributed by atoms with E-state index in [1.807, 2.05) is 6.92 Å². The van der Waals surface area contributed by atoms with E-state index in [1.54, 1.807) is 21.3 Å². The van der Waals surface area contributed by atoms with E-state index in [4.69, 9.17) is 33.2 Å². The second kappa shape index (κ2) is 19.2. The Bertz CT molecular complexity index is 1100. The largest absolute Gasteiger partial charge is 0.390 e. The lowest BCUT2D eigenvalue weighted by molar-refractivity contribution is -0.272. The molecule has 0 aromatic heterocycles. The number of aliphatic hydroxyl groups excluding tert-OH is 2. The molecule has 10 heteroatoms. The van der Waals surface area contributed by atoms with Crippen LogP contribution in [0.4, 0.5) is 0 Å². The molecule has 0 amide bonds. The zero-order valence-electron chi connectivity index (χ0n) is 32.1. The van der Waals surface area contributed by atoms with Crippen LogP contribution in [0.15, 0.2) is 24.3 Å². The van der Waals surface area contributed by atoms with E-state index in [2.05, 4.69) is 40.9 Å². The summed E-state index contributed by atoms with van der Waals surface area (Å²) in [7, 11) is 4.94. The Kier molecular flexibility index (Phi) is 16.0. The molecule has 10 nitrogen and oxygen atoms in total. The van der Waals surface area contributed by atoms with Crippen LogP contribution in [0.5, 0.6) is 0 Å². The number of hydrogen-bond acceptors (Lipinski definition) is 10. The van der Waals surface area contributed by atoms with Gasteiger partial charge in [0.2, 0.25) is 0 Å². The second-order valence-electron chi connectivity index (χ2n) is 15.6. The van der Waals surface area contributed by atoms with Crippen LogP contribution in [0.3, 0.4) is 0 Å². The van der Waals surface area contributed by atoms with Crippen molar-refractivity contribution in [2.75, 3.05) is 27.9 Å². The van der Waals surface area contributed by atoms with Gasteiger partial charge in [0.1, 0.15) is 18.0 Å². The highest BCUT2D eigenvalue weighted by Gasteiger charge is 2.53. The van der Waals surface area contributed by atoms with Crippen molar-refractivity contribution >= 4 is 5.78 Å². The van der Waals surface area contributed by atoms with E-state index in [0.717, 1.165) is 44.1 Å². The van der Waals surface area contributed by atoms with Crippen LogP contribution in [0, 0.1) is 23.7 Å². The molecule has 4 aliphatic heterocycles. The van der Waals surface area contributed by atoms with Crippen molar-refractivity contribution in [1.82, 2.24) is 0 Å². The number of aliphatic hydroxyl groups is 2. The first-order valence-electron chi connectivity index (χ1n) is 19.3. The third-order valence-electron chi connectivity index (χ3n) is 12.3. The fraction of sp³-hybridized carbons (Fsp3) is 0.875. The summed E-state index contributed by atoms with van der Waals surface area (Å²) in [4.78, 5) is 13.8. The Labute approximate surface area is 301 Å². The average Bonchev–Trinajstić information content (AvgIpc) is 3.67. The van der Waals surface area contributed by atoms with Gasteiger partial charge in [-0.05, 0) is 62.0 Å². The third-order valence-corrected chi connectivity index (χ3v) is 12.3. The minimum absolute atomic E-state index is 0.0522. The van der Waals surface area contributed by atoms with Crippen molar-refractivity contribution < 1.29 is 48.2 Å². The molecule has 4 saturated heterocycles. The minimum Gasteiger partial charge on any atom is -0.390 e. The van der Waals surface area contributed by atoms with E-state index in [1.165, 1.54) is 5.57 Å². The van der Waals surface area contributed by atoms with E-state index < -0.39 is 18.3 Å². The number of ether oxygens (including phenoxy) is 7. The Balaban J connectivity index is 1.33. The van der Waals surface area contributed by atoms with Gasteiger partial charge in [-0.1, -0.05) is 47.8 Å². The average molecular weight is 709 g/mol. The summed E-state index contributed by atoms with van der Waals surface area (Å²) in [6.07, 6.45) is 3.72. The molecular formula is C40H68O10. The number of fused-ring (bicyclic) bond motifs is 1. The van der Waals surface area contributed by atoms with E-state index >= 15 is 0 Å². The highest BCUT2D eigenvalue weighted by atomic mass is 16.6. The topological polar surface area (TPSA) is 122 Å². The molecule has 2 N–H and O–H groups in total. The summed E-state index contributed by atoms with van der Waals surface area (Å²) in [5.41, 5.74) is 1.96. The molecule has 4 aliphatic rings. The van der Waals surface area contributed by atoms with Gasteiger partial charge in [0, 0.05) is 58.3 Å². The Morgan fingerprint density at radius 3 is 2.30 bits per heavy atom. The van der Waals surface area contributed by atoms with Crippen LogP contribution in [0.25, 0.3) is 0 Å². The highest BCUT2D eigenvalue weighted by molar-refractivity contribution is 5.81. The van der Waals surface area contributed by atoms with Gasteiger partial charge in [-0.25, -0.2) is 0 Å². The summed E-state index contributed by atoms with van der Waals surface area (Å²) < 4.78 is 43.4. The molecular weight excluding hydrogens is 640 g/mol. The number of hydrogen-bond donors (Lipinski definition) is 2. The normalized spacial score (nSPS) is 37.6. The van der Waals surface area contributed by atoms with Crippen LogP contribution in [-0.2, 0) is 38.0 Å². The second-order valence-corrected chi connectivity index (χ2v) is 15.6. The molecule has 4 rings (SSSR count). The zero-order chi connectivity index (χ0) is 36.7. The fourth-order valence-corrected chi connectivity index (χ4v) is 8.82. The Morgan fingerprint density at radius 2 is 1.68 bits per heavy atom. The summed E-state index contributed by atoms with van der Waals surface area (Å²) in [5, 5.41) is 22.1. The molecule has 4 heterocycles. The van der Waals surface area contributed by atoms with Gasteiger partial charge in [0.25, 0.3) is 0 Å². The fourth-order valence-electron chi connectivity index (χ4n) is 8.82. The standard InChI is InChI=1S/C40H68O10/c1-11-22(3)24(5)32(42)20-36(45-9)30(21-44-8)25(6)31(41)18-29-15-16-35-40(49-29)37(46-10)26(7)38(50-35)39-33(43)19-28(48-39)14-13-27-17-23(4)34(12-2)47-27/h22,25-30,32-40,42-43H,4-5,11-21H2,1-3,6-10H3/t22-,25-,26+,27+,28-,29-,30+,32?,33-,34?,35?,36?,37-,38-,39+,40+/m1/s1. The van der Waals surface area contributed by atoms with Gasteiger partial charge in [0.05, 0.1) is 67.6 Å². The molecule has 4 unspecified atom stereocenters. The molecule has 0 spiro atoms. The summed E-state index contributed by atoms with van der Waals surface area (Å²) in [5.74, 6) is -0.424. The molecule has 0 aliphatic carbocycles. The summed E-state index contributed by atoms with van der Waals surface area (Å²) in [6, 6.07) is 0. The first-order chi connectivity index (χ1) is 23.9. The van der Waals surface area contributed by atoms with Crippen molar-refractivity contribution in [2.45, 2.75) is 172 Å². The predicted octanol–water partition coefficient (Wildman–Crippen LogP) is 5.60. The quantitative estimate of drug-likeness (QED) is 0.164. The molecule has 0 saturated carbocycles.